The van der Waals surface area contributed by atoms with Crippen LogP contribution < -0.4 is 5.32 Å². The Morgan fingerprint density at radius 3 is 2.74 bits per heavy atom. The highest BCUT2D eigenvalue weighted by molar-refractivity contribution is 8.00. The Hall–Kier alpha value is -2.02. The van der Waals surface area contributed by atoms with Gasteiger partial charge in [-0.25, -0.2) is 13.1 Å². The molecule has 10 nitrogen and oxygen atoms in total. The summed E-state index contributed by atoms with van der Waals surface area (Å²) >= 11 is 1.30. The summed E-state index contributed by atoms with van der Waals surface area (Å²) in [6.45, 7) is 3.18. The molecule has 1 aliphatic carbocycles. The Labute approximate surface area is 185 Å². The van der Waals surface area contributed by atoms with E-state index in [4.69, 9.17) is 4.74 Å². The van der Waals surface area contributed by atoms with Crippen molar-refractivity contribution in [2.45, 2.75) is 54.0 Å². The number of aromatic nitrogens is 4. The van der Waals surface area contributed by atoms with Gasteiger partial charge in [-0.2, -0.15) is 4.31 Å². The SMILES string of the molecule is C[C@H](Sc1nnnn1C1CCCC1)C(=O)Nc1cccc(S(=O)(=O)N2CCOCC2)c1. The van der Waals surface area contributed by atoms with Gasteiger partial charge in [-0.15, -0.1) is 5.10 Å². The van der Waals surface area contributed by atoms with Crippen LogP contribution in [0.3, 0.4) is 0 Å². The van der Waals surface area contributed by atoms with Gasteiger partial charge >= 0.3 is 0 Å². The number of hydrogen-bond acceptors (Lipinski definition) is 8. The Kier molecular flexibility index (Phi) is 6.89. The summed E-state index contributed by atoms with van der Waals surface area (Å²) in [7, 11) is -3.63. The first kappa shape index (κ1) is 22.2. The summed E-state index contributed by atoms with van der Waals surface area (Å²) in [6.07, 6.45) is 4.41. The van der Waals surface area contributed by atoms with Gasteiger partial charge in [-0.1, -0.05) is 30.7 Å². The molecule has 2 heterocycles. The fourth-order valence-electron chi connectivity index (χ4n) is 3.77. The first-order chi connectivity index (χ1) is 14.9. The van der Waals surface area contributed by atoms with Crippen molar-refractivity contribution in [3.8, 4) is 0 Å². The number of thioether (sulfide) groups is 1. The van der Waals surface area contributed by atoms with E-state index in [1.807, 2.05) is 4.68 Å². The molecule has 1 N–H and O–H groups in total. The second kappa shape index (κ2) is 9.63. The maximum Gasteiger partial charge on any atom is 0.243 e. The van der Waals surface area contributed by atoms with Crippen LogP contribution in [-0.4, -0.2) is 70.4 Å². The molecule has 1 aromatic carbocycles. The van der Waals surface area contributed by atoms with Crippen LogP contribution in [0.2, 0.25) is 0 Å². The van der Waals surface area contributed by atoms with Crippen LogP contribution in [0, 0.1) is 0 Å². The molecule has 2 fully saturated rings. The largest absolute Gasteiger partial charge is 0.379 e. The van der Waals surface area contributed by atoms with Crippen LogP contribution in [0.5, 0.6) is 0 Å². The molecular formula is C19H26N6O4S2. The van der Waals surface area contributed by atoms with Crippen molar-refractivity contribution >= 4 is 33.4 Å². The van der Waals surface area contributed by atoms with Gasteiger partial charge in [-0.3, -0.25) is 4.79 Å². The lowest BCUT2D eigenvalue weighted by atomic mass is 10.3. The van der Waals surface area contributed by atoms with Crippen molar-refractivity contribution in [3.63, 3.8) is 0 Å². The molecule has 1 amide bonds. The van der Waals surface area contributed by atoms with Crippen LogP contribution in [0.15, 0.2) is 34.3 Å². The minimum Gasteiger partial charge on any atom is -0.379 e. The van der Waals surface area contributed by atoms with Crippen molar-refractivity contribution in [1.29, 1.82) is 0 Å². The van der Waals surface area contributed by atoms with Gasteiger partial charge in [-0.05, 0) is 48.4 Å². The molecule has 31 heavy (non-hydrogen) atoms. The number of hydrogen-bond donors (Lipinski definition) is 1. The molecule has 1 atom stereocenters. The number of morpholine rings is 1. The molecule has 0 radical (unpaired) electrons. The number of rotatable bonds is 7. The van der Waals surface area contributed by atoms with E-state index >= 15 is 0 Å². The summed E-state index contributed by atoms with van der Waals surface area (Å²) in [5.74, 6) is -0.244. The van der Waals surface area contributed by atoms with Crippen molar-refractivity contribution in [1.82, 2.24) is 24.5 Å². The predicted molar refractivity (Wildman–Crippen MR) is 115 cm³/mol. The topological polar surface area (TPSA) is 119 Å². The number of sulfonamides is 1. The van der Waals surface area contributed by atoms with E-state index in [1.54, 1.807) is 19.1 Å². The average molecular weight is 467 g/mol. The van der Waals surface area contributed by atoms with Crippen LogP contribution >= 0.6 is 11.8 Å². The molecule has 2 aromatic rings. The van der Waals surface area contributed by atoms with Crippen molar-refractivity contribution in [3.05, 3.63) is 24.3 Å². The van der Waals surface area contributed by atoms with Gasteiger partial charge in [0.15, 0.2) is 0 Å². The Balaban J connectivity index is 1.42. The first-order valence-corrected chi connectivity index (χ1v) is 12.7. The summed E-state index contributed by atoms with van der Waals surface area (Å²) in [5, 5.41) is 14.9. The van der Waals surface area contributed by atoms with Gasteiger partial charge in [0.2, 0.25) is 21.1 Å². The first-order valence-electron chi connectivity index (χ1n) is 10.4. The molecular weight excluding hydrogens is 440 g/mol. The summed E-state index contributed by atoms with van der Waals surface area (Å²) < 4.78 is 34.2. The lowest BCUT2D eigenvalue weighted by molar-refractivity contribution is -0.115. The molecule has 2 aliphatic rings. The number of benzene rings is 1. The minimum atomic E-state index is -3.63. The van der Waals surface area contributed by atoms with Crippen molar-refractivity contribution < 1.29 is 17.9 Å². The summed E-state index contributed by atoms with van der Waals surface area (Å²) in [4.78, 5) is 12.9. The quantitative estimate of drug-likeness (QED) is 0.615. The highest BCUT2D eigenvalue weighted by atomic mass is 32.2. The number of anilines is 1. The van der Waals surface area contributed by atoms with Crippen molar-refractivity contribution in [2.24, 2.45) is 0 Å². The third-order valence-corrected chi connectivity index (χ3v) is 8.44. The zero-order valence-electron chi connectivity index (χ0n) is 17.3. The predicted octanol–water partition coefficient (Wildman–Crippen LogP) is 1.93. The third-order valence-electron chi connectivity index (χ3n) is 5.49. The average Bonchev–Trinajstić information content (AvgIpc) is 3.46. The summed E-state index contributed by atoms with van der Waals surface area (Å²) in [6, 6.07) is 6.61. The van der Waals surface area contributed by atoms with E-state index in [2.05, 4.69) is 20.8 Å². The molecule has 168 valence electrons. The molecule has 1 saturated heterocycles. The van der Waals surface area contributed by atoms with Crippen LogP contribution in [-0.2, 0) is 19.6 Å². The normalized spacial score (nSPS) is 19.4. The minimum absolute atomic E-state index is 0.151. The number of tetrazole rings is 1. The van der Waals surface area contributed by atoms with Gasteiger partial charge < -0.3 is 10.1 Å². The molecule has 0 spiro atoms. The second-order valence-electron chi connectivity index (χ2n) is 7.64. The van der Waals surface area contributed by atoms with Gasteiger partial charge in [0.1, 0.15) is 0 Å². The van der Waals surface area contributed by atoms with E-state index in [9.17, 15) is 13.2 Å². The molecule has 1 aliphatic heterocycles. The molecule has 0 unspecified atom stereocenters. The zero-order valence-corrected chi connectivity index (χ0v) is 18.9. The van der Waals surface area contributed by atoms with Crippen LogP contribution in [0.1, 0.15) is 38.6 Å². The number of ether oxygens (including phenoxy) is 1. The van der Waals surface area contributed by atoms with Gasteiger partial charge in [0.05, 0.1) is 29.4 Å². The Morgan fingerprint density at radius 1 is 1.26 bits per heavy atom. The fraction of sp³-hybridized carbons (Fsp3) is 0.579. The monoisotopic (exact) mass is 466 g/mol. The van der Waals surface area contributed by atoms with E-state index in [0.29, 0.717) is 37.1 Å². The van der Waals surface area contributed by atoms with Crippen molar-refractivity contribution in [2.75, 3.05) is 31.6 Å². The van der Waals surface area contributed by atoms with E-state index in [0.717, 1.165) is 25.7 Å². The van der Waals surface area contributed by atoms with Crippen LogP contribution in [0.4, 0.5) is 5.69 Å². The highest BCUT2D eigenvalue weighted by Crippen LogP contribution is 2.32. The third kappa shape index (κ3) is 5.08. The van der Waals surface area contributed by atoms with Gasteiger partial charge in [0, 0.05) is 18.8 Å². The summed E-state index contributed by atoms with van der Waals surface area (Å²) in [5.41, 5.74) is 0.433. The molecule has 4 rings (SSSR count). The maximum absolute atomic E-state index is 12.9. The fourth-order valence-corrected chi connectivity index (χ4v) is 6.08. The molecule has 0 bridgehead atoms. The standard InChI is InChI=1S/C19H26N6O4S2/c1-14(30-19-21-22-23-25(19)16-6-2-3-7-16)18(26)20-15-5-4-8-17(13-15)31(27,28)24-9-11-29-12-10-24/h4-5,8,13-14,16H,2-3,6-7,9-12H2,1H3,(H,20,26)/t14-/m0/s1. The highest BCUT2D eigenvalue weighted by Gasteiger charge is 2.27. The lowest BCUT2D eigenvalue weighted by Crippen LogP contribution is -2.40. The second-order valence-corrected chi connectivity index (χ2v) is 10.9. The number of amides is 1. The maximum atomic E-state index is 12.9. The number of nitrogens with one attached hydrogen (secondary N) is 1. The van der Waals surface area contributed by atoms with E-state index < -0.39 is 15.3 Å². The van der Waals surface area contributed by atoms with Crippen LogP contribution in [0.25, 0.3) is 0 Å². The molecule has 12 heteroatoms. The number of nitrogens with zero attached hydrogens (tertiary/aromatic N) is 5. The Morgan fingerprint density at radius 2 is 2.00 bits per heavy atom. The number of carbonyl (C=O) groups is 1. The molecule has 1 aromatic heterocycles. The Bertz CT molecular complexity index is 1020. The smallest absolute Gasteiger partial charge is 0.243 e. The molecule has 1 saturated carbocycles. The van der Waals surface area contributed by atoms with Gasteiger partial charge in [0.25, 0.3) is 0 Å². The lowest BCUT2D eigenvalue weighted by Gasteiger charge is -2.26. The zero-order chi connectivity index (χ0) is 21.8. The van der Waals surface area contributed by atoms with E-state index in [-0.39, 0.29) is 16.8 Å². The number of carbonyl (C=O) groups excluding carboxylic acids is 1. The van der Waals surface area contributed by atoms with E-state index in [1.165, 1.54) is 28.2 Å².